The molecule has 3 amide bonds. The van der Waals surface area contributed by atoms with Gasteiger partial charge in [0.1, 0.15) is 29.8 Å². The smallest absolute Gasteiger partial charge is 0.313 e. The summed E-state index contributed by atoms with van der Waals surface area (Å²) >= 11 is 9.72. The van der Waals surface area contributed by atoms with Crippen LogP contribution in [0.5, 0.6) is 0 Å². The second kappa shape index (κ2) is 12.9. The number of amides is 3. The Kier molecular flexibility index (Phi) is 9.13. The van der Waals surface area contributed by atoms with Gasteiger partial charge in [0.15, 0.2) is 0 Å². The molecule has 2 aromatic carbocycles. The summed E-state index contributed by atoms with van der Waals surface area (Å²) in [6.45, 7) is 1.44. The van der Waals surface area contributed by atoms with Gasteiger partial charge in [0, 0.05) is 41.8 Å². The quantitative estimate of drug-likeness (QED) is 0.376. The molecule has 4 aliphatic rings. The number of β-amino-alcohol motifs (C(OH)–C–C–N with tert-alkyl or cyclic N) is 1. The molecule has 0 saturated carbocycles. The standard InChI is InChI=1S/C34H35BrClN3O7/c1-20-28(21-9-5-3-6-10-21)45-33(44)26-27-31(42)39(17-18-40)30(34(27)19-24(35)29(26)46-34)32(43)38(23-14-12-22(36)13-15-23)16-8-4-7-11-25(41)37(20)2/h3-6,8-10,12-15,19-20,26-30,40H,7,11,16-18H2,1-2H3/b8-4-/t20-,26+,27-,28+,29+,30+,34-/m0/s1. The second-order valence-corrected chi connectivity index (χ2v) is 13.4. The molecule has 2 fully saturated rings. The van der Waals surface area contributed by atoms with Crippen molar-refractivity contribution in [3.63, 3.8) is 0 Å². The molecule has 0 unspecified atom stereocenters. The van der Waals surface area contributed by atoms with Crippen molar-refractivity contribution in [1.29, 1.82) is 0 Å². The normalized spacial score (nSPS) is 32.5. The zero-order valence-corrected chi connectivity index (χ0v) is 27.8. The highest BCUT2D eigenvalue weighted by molar-refractivity contribution is 9.11. The van der Waals surface area contributed by atoms with E-state index in [0.717, 1.165) is 0 Å². The molecular weight excluding hydrogens is 678 g/mol. The number of anilines is 1. The molecule has 4 heterocycles. The number of rotatable bonds is 4. The fourth-order valence-corrected chi connectivity index (χ4v) is 7.97. The highest BCUT2D eigenvalue weighted by Crippen LogP contribution is 2.59. The third kappa shape index (κ3) is 5.46. The number of nitrogens with zero attached hydrogens (tertiary/aromatic N) is 3. The number of likely N-dealkylation sites (N-methyl/N-ethyl adjacent to an activating group) is 1. The number of ether oxygens (including phenoxy) is 2. The van der Waals surface area contributed by atoms with Crippen molar-refractivity contribution in [1.82, 2.24) is 9.80 Å². The van der Waals surface area contributed by atoms with Crippen LogP contribution in [0.2, 0.25) is 5.02 Å². The van der Waals surface area contributed by atoms with Gasteiger partial charge in [-0.25, -0.2) is 0 Å². The van der Waals surface area contributed by atoms with Crippen LogP contribution in [-0.2, 0) is 28.7 Å². The number of halogens is 2. The summed E-state index contributed by atoms with van der Waals surface area (Å²) in [6.07, 6.45) is 4.31. The molecule has 0 radical (unpaired) electrons. The maximum Gasteiger partial charge on any atom is 0.313 e. The average molecular weight is 713 g/mol. The van der Waals surface area contributed by atoms with Crippen LogP contribution < -0.4 is 4.90 Å². The summed E-state index contributed by atoms with van der Waals surface area (Å²) in [4.78, 5) is 60.9. The van der Waals surface area contributed by atoms with E-state index in [9.17, 15) is 24.3 Å². The first-order valence-electron chi connectivity index (χ1n) is 15.3. The molecule has 1 spiro atoms. The van der Waals surface area contributed by atoms with Crippen LogP contribution in [0.25, 0.3) is 0 Å². The van der Waals surface area contributed by atoms with Gasteiger partial charge in [-0.1, -0.05) is 70.0 Å². The number of benzene rings is 2. The Bertz CT molecular complexity index is 1580. The van der Waals surface area contributed by atoms with E-state index in [1.807, 2.05) is 49.4 Å². The molecule has 1 N–H and O–H groups in total. The minimum absolute atomic E-state index is 0.129. The topological polar surface area (TPSA) is 117 Å². The largest absolute Gasteiger partial charge is 0.455 e. The number of cyclic esters (lactones) is 1. The van der Waals surface area contributed by atoms with Crippen LogP contribution in [0.1, 0.15) is 31.4 Å². The number of likely N-dealkylation sites (tertiary alicyclic amines) is 1. The Morgan fingerprint density at radius 2 is 1.72 bits per heavy atom. The van der Waals surface area contributed by atoms with Crippen molar-refractivity contribution in [2.45, 2.75) is 49.7 Å². The number of hydrogen-bond acceptors (Lipinski definition) is 7. The predicted octanol–water partition coefficient (Wildman–Crippen LogP) is 4.02. The number of aliphatic hydroxyl groups excluding tert-OH is 1. The zero-order chi connectivity index (χ0) is 32.7. The summed E-state index contributed by atoms with van der Waals surface area (Å²) in [7, 11) is 1.68. The number of aliphatic hydroxyl groups is 1. The van der Waals surface area contributed by atoms with Crippen LogP contribution in [0.3, 0.4) is 0 Å². The van der Waals surface area contributed by atoms with Crippen LogP contribution in [0.15, 0.2) is 77.3 Å². The molecule has 242 valence electrons. The zero-order valence-electron chi connectivity index (χ0n) is 25.4. The van der Waals surface area contributed by atoms with Gasteiger partial charge in [-0.3, -0.25) is 19.2 Å². The van der Waals surface area contributed by atoms with E-state index in [2.05, 4.69) is 15.9 Å². The van der Waals surface area contributed by atoms with E-state index in [1.165, 1.54) is 9.80 Å². The fourth-order valence-electron chi connectivity index (χ4n) is 7.11. The number of carbonyl (C=O) groups is 4. The monoisotopic (exact) mass is 711 g/mol. The number of esters is 1. The van der Waals surface area contributed by atoms with Gasteiger partial charge < -0.3 is 29.3 Å². The highest BCUT2D eigenvalue weighted by Gasteiger charge is 2.75. The van der Waals surface area contributed by atoms with Gasteiger partial charge in [-0.05, 0) is 49.2 Å². The lowest BCUT2D eigenvalue weighted by Gasteiger charge is -2.35. The highest BCUT2D eigenvalue weighted by atomic mass is 79.9. The van der Waals surface area contributed by atoms with Crippen molar-refractivity contribution in [2.24, 2.45) is 11.8 Å². The maximum absolute atomic E-state index is 14.7. The molecule has 2 saturated heterocycles. The van der Waals surface area contributed by atoms with Crippen molar-refractivity contribution in [2.75, 3.05) is 31.6 Å². The first kappa shape index (κ1) is 32.4. The van der Waals surface area contributed by atoms with Crippen molar-refractivity contribution < 1.29 is 33.8 Å². The first-order chi connectivity index (χ1) is 22.1. The van der Waals surface area contributed by atoms with E-state index < -0.39 is 66.1 Å². The summed E-state index contributed by atoms with van der Waals surface area (Å²) in [5.41, 5.74) is -0.255. The van der Waals surface area contributed by atoms with E-state index in [-0.39, 0.29) is 25.4 Å². The molecule has 7 atom stereocenters. The molecular formula is C34H35BrClN3O7. The number of allylic oxidation sites excluding steroid dienone is 1. The number of carbonyl (C=O) groups excluding carboxylic acids is 4. The Hall–Kier alpha value is -3.51. The second-order valence-electron chi connectivity index (χ2n) is 12.0. The molecule has 10 nitrogen and oxygen atoms in total. The Balaban J connectivity index is 1.47. The number of hydrogen-bond donors (Lipinski definition) is 1. The minimum Gasteiger partial charge on any atom is -0.455 e. The van der Waals surface area contributed by atoms with Gasteiger partial charge in [-0.15, -0.1) is 0 Å². The first-order valence-corrected chi connectivity index (χ1v) is 16.5. The summed E-state index contributed by atoms with van der Waals surface area (Å²) in [5.74, 6) is -3.88. The van der Waals surface area contributed by atoms with Crippen molar-refractivity contribution >= 4 is 56.9 Å². The van der Waals surface area contributed by atoms with E-state index in [0.29, 0.717) is 27.2 Å². The van der Waals surface area contributed by atoms with Gasteiger partial charge in [0.2, 0.25) is 11.8 Å². The minimum atomic E-state index is -1.49. The lowest BCUT2D eigenvalue weighted by Crippen LogP contribution is -2.56. The lowest BCUT2D eigenvalue weighted by atomic mass is 9.74. The third-order valence-corrected chi connectivity index (χ3v) is 10.4. The van der Waals surface area contributed by atoms with E-state index >= 15 is 0 Å². The Labute approximate surface area is 280 Å². The van der Waals surface area contributed by atoms with E-state index in [4.69, 9.17) is 21.1 Å². The summed E-state index contributed by atoms with van der Waals surface area (Å²) in [6, 6.07) is 14.2. The van der Waals surface area contributed by atoms with Crippen LogP contribution in [-0.4, -0.2) is 89.1 Å². The van der Waals surface area contributed by atoms with Crippen molar-refractivity contribution in [3.8, 4) is 0 Å². The third-order valence-electron chi connectivity index (χ3n) is 9.47. The summed E-state index contributed by atoms with van der Waals surface area (Å²) < 4.78 is 13.3. The molecule has 12 heteroatoms. The van der Waals surface area contributed by atoms with E-state index in [1.54, 1.807) is 42.3 Å². The van der Waals surface area contributed by atoms with Gasteiger partial charge in [0.25, 0.3) is 5.91 Å². The van der Waals surface area contributed by atoms with Gasteiger partial charge in [-0.2, -0.15) is 0 Å². The molecule has 0 aromatic heterocycles. The predicted molar refractivity (Wildman–Crippen MR) is 174 cm³/mol. The van der Waals surface area contributed by atoms with Gasteiger partial charge >= 0.3 is 5.97 Å². The van der Waals surface area contributed by atoms with Crippen LogP contribution >= 0.6 is 27.5 Å². The SMILES string of the molecule is C[C@H]1[C@H](c2ccccc2)OC(=O)[C@H]2[C@@H]3O[C@@]4(C=C3Br)[C@@H]2C(=O)N(CCO)[C@@H]4C(=O)N(c2ccc(Cl)cc2)C/C=C\CCC(=O)N1C. The summed E-state index contributed by atoms with van der Waals surface area (Å²) in [5, 5.41) is 10.5. The molecule has 4 aliphatic heterocycles. The number of fused-ring (bicyclic) bond motifs is 2. The molecule has 46 heavy (non-hydrogen) atoms. The van der Waals surface area contributed by atoms with Crippen molar-refractivity contribution in [3.05, 3.63) is 87.9 Å². The molecule has 0 aliphatic carbocycles. The Morgan fingerprint density at radius 3 is 2.41 bits per heavy atom. The average Bonchev–Trinajstić information content (AvgIpc) is 3.64. The Morgan fingerprint density at radius 1 is 1.00 bits per heavy atom. The lowest BCUT2D eigenvalue weighted by molar-refractivity contribution is -0.164. The maximum atomic E-state index is 14.7. The van der Waals surface area contributed by atoms with Crippen LogP contribution in [0.4, 0.5) is 5.69 Å². The molecule has 6 rings (SSSR count). The van der Waals surface area contributed by atoms with Gasteiger partial charge in [0.05, 0.1) is 18.6 Å². The molecule has 5 bridgehead atoms. The molecule has 2 aromatic rings. The fraction of sp³-hybridized carbons (Fsp3) is 0.412. The van der Waals surface area contributed by atoms with Crippen LogP contribution in [0, 0.1) is 11.8 Å².